The Morgan fingerprint density at radius 2 is 1.92 bits per heavy atom. The van der Waals surface area contributed by atoms with Gasteiger partial charge in [0.25, 0.3) is 0 Å². The molecule has 0 aliphatic heterocycles. The second-order valence-electron chi connectivity index (χ2n) is 2.73. The van der Waals surface area contributed by atoms with Gasteiger partial charge in [-0.1, -0.05) is 34.1 Å². The maximum absolute atomic E-state index is 9.97. The lowest BCUT2D eigenvalue weighted by molar-refractivity contribution is -0.104. The Bertz CT molecular complexity index is 287. The van der Waals surface area contributed by atoms with E-state index < -0.39 is 0 Å². The topological polar surface area (TPSA) is 17.1 Å². The van der Waals surface area contributed by atoms with Gasteiger partial charge in [-0.3, -0.25) is 4.79 Å². The van der Waals surface area contributed by atoms with E-state index in [1.807, 2.05) is 18.2 Å². The largest absolute Gasteiger partial charge is 0.299 e. The van der Waals surface area contributed by atoms with Crippen molar-refractivity contribution in [1.82, 2.24) is 0 Å². The van der Waals surface area contributed by atoms with E-state index in [0.717, 1.165) is 23.6 Å². The summed E-state index contributed by atoms with van der Waals surface area (Å²) in [6.07, 6.45) is 6.13. The maximum atomic E-state index is 9.97. The molecule has 0 amide bonds. The summed E-state index contributed by atoms with van der Waals surface area (Å²) >= 11 is 3.38. The highest BCUT2D eigenvalue weighted by Crippen LogP contribution is 2.11. The van der Waals surface area contributed by atoms with Gasteiger partial charge in [0.05, 0.1) is 0 Å². The van der Waals surface area contributed by atoms with Gasteiger partial charge in [-0.2, -0.15) is 0 Å². The number of carbonyl (C=O) groups is 1. The highest BCUT2D eigenvalue weighted by atomic mass is 79.9. The number of hydrogen-bond donors (Lipinski definition) is 0. The van der Waals surface area contributed by atoms with E-state index in [9.17, 15) is 4.79 Å². The van der Waals surface area contributed by atoms with Crippen LogP contribution in [0, 0.1) is 0 Å². The lowest BCUT2D eigenvalue weighted by Gasteiger charge is -1.97. The molecule has 0 fully saturated rings. The van der Waals surface area contributed by atoms with Gasteiger partial charge >= 0.3 is 0 Å². The van der Waals surface area contributed by atoms with Gasteiger partial charge in [0.15, 0.2) is 0 Å². The zero-order valence-electron chi connectivity index (χ0n) is 7.24. The van der Waals surface area contributed by atoms with Gasteiger partial charge in [0, 0.05) is 4.47 Å². The van der Waals surface area contributed by atoms with Crippen molar-refractivity contribution in [2.24, 2.45) is 0 Å². The minimum absolute atomic E-state index is 0.807. The summed E-state index contributed by atoms with van der Waals surface area (Å²) in [5.41, 5.74) is 1.29. The fourth-order valence-electron chi connectivity index (χ4n) is 1.05. The van der Waals surface area contributed by atoms with Gasteiger partial charge in [0.2, 0.25) is 0 Å². The molecule has 0 heterocycles. The number of aldehydes is 1. The quantitative estimate of drug-likeness (QED) is 0.582. The molecular formula is C11H11BrO. The Morgan fingerprint density at radius 3 is 2.54 bits per heavy atom. The second kappa shape index (κ2) is 5.70. The number of benzene rings is 1. The monoisotopic (exact) mass is 238 g/mol. The molecule has 68 valence electrons. The van der Waals surface area contributed by atoms with Gasteiger partial charge < -0.3 is 0 Å². The smallest absolute Gasteiger partial charge is 0.142 e. The lowest BCUT2D eigenvalue weighted by atomic mass is 10.1. The third kappa shape index (κ3) is 4.04. The molecule has 1 nitrogen and oxygen atoms in total. The summed E-state index contributed by atoms with van der Waals surface area (Å²) in [6.45, 7) is 0. The van der Waals surface area contributed by atoms with Crippen LogP contribution in [0.4, 0.5) is 0 Å². The fourth-order valence-corrected chi connectivity index (χ4v) is 1.32. The number of allylic oxidation sites excluding steroid dienone is 2. The van der Waals surface area contributed by atoms with Crippen molar-refractivity contribution in [2.45, 2.75) is 12.8 Å². The molecule has 0 atom stereocenters. The average Bonchev–Trinajstić information content (AvgIpc) is 2.15. The summed E-state index contributed by atoms with van der Waals surface area (Å²) in [5.74, 6) is 0. The Labute approximate surface area is 86.6 Å². The number of carbonyl (C=O) groups excluding carboxylic acids is 1. The van der Waals surface area contributed by atoms with E-state index in [4.69, 9.17) is 0 Å². The van der Waals surface area contributed by atoms with E-state index >= 15 is 0 Å². The van der Waals surface area contributed by atoms with E-state index in [1.165, 1.54) is 5.56 Å². The molecule has 0 spiro atoms. The average molecular weight is 239 g/mol. The number of hydrogen-bond acceptors (Lipinski definition) is 1. The van der Waals surface area contributed by atoms with Gasteiger partial charge in [-0.25, -0.2) is 0 Å². The highest BCUT2D eigenvalue weighted by Gasteiger charge is 1.90. The minimum atomic E-state index is 0.807. The Balaban J connectivity index is 2.41. The van der Waals surface area contributed by atoms with Crippen molar-refractivity contribution in [3.8, 4) is 0 Å². The van der Waals surface area contributed by atoms with Crippen molar-refractivity contribution in [1.29, 1.82) is 0 Å². The molecule has 2 heteroatoms. The van der Waals surface area contributed by atoms with Gasteiger partial charge in [-0.15, -0.1) is 0 Å². The zero-order valence-corrected chi connectivity index (χ0v) is 8.83. The predicted molar refractivity (Wildman–Crippen MR) is 57.7 cm³/mol. The van der Waals surface area contributed by atoms with Crippen molar-refractivity contribution in [2.75, 3.05) is 0 Å². The van der Waals surface area contributed by atoms with E-state index in [2.05, 4.69) is 28.1 Å². The van der Waals surface area contributed by atoms with Crippen LogP contribution >= 0.6 is 15.9 Å². The highest BCUT2D eigenvalue weighted by molar-refractivity contribution is 9.10. The van der Waals surface area contributed by atoms with Crippen LogP contribution in [-0.2, 0) is 11.2 Å². The fraction of sp³-hybridized carbons (Fsp3) is 0.182. The normalized spacial score (nSPS) is 10.5. The molecule has 0 saturated carbocycles. The van der Waals surface area contributed by atoms with Crippen LogP contribution in [0.1, 0.15) is 12.0 Å². The van der Waals surface area contributed by atoms with E-state index in [-0.39, 0.29) is 0 Å². The molecule has 0 unspecified atom stereocenters. The summed E-state index contributed by atoms with van der Waals surface area (Å²) in [6, 6.07) is 8.22. The van der Waals surface area contributed by atoms with Crippen LogP contribution in [0.25, 0.3) is 0 Å². The van der Waals surface area contributed by atoms with E-state index in [0.29, 0.717) is 0 Å². The van der Waals surface area contributed by atoms with Crippen LogP contribution < -0.4 is 0 Å². The molecule has 0 saturated heterocycles. The first kappa shape index (κ1) is 10.2. The van der Waals surface area contributed by atoms with Crippen molar-refractivity contribution in [3.63, 3.8) is 0 Å². The van der Waals surface area contributed by atoms with Crippen LogP contribution in [-0.4, -0.2) is 6.29 Å². The SMILES string of the molecule is O=C/C=C/CCc1ccc(Br)cc1. The first-order chi connectivity index (χ1) is 6.33. The third-order valence-corrected chi connectivity index (χ3v) is 2.26. The second-order valence-corrected chi connectivity index (χ2v) is 3.65. The molecule has 0 aliphatic rings. The third-order valence-electron chi connectivity index (χ3n) is 1.73. The van der Waals surface area contributed by atoms with Gasteiger partial charge in [-0.05, 0) is 36.6 Å². The number of halogens is 1. The van der Waals surface area contributed by atoms with E-state index in [1.54, 1.807) is 6.08 Å². The standard InChI is InChI=1S/C11H11BrO/c12-11-7-5-10(6-8-11)4-2-1-3-9-13/h1,3,5-9H,2,4H2/b3-1+. The summed E-state index contributed by atoms with van der Waals surface area (Å²) < 4.78 is 1.10. The molecular weight excluding hydrogens is 228 g/mol. The molecule has 1 rings (SSSR count). The van der Waals surface area contributed by atoms with Crippen LogP contribution in [0.15, 0.2) is 40.9 Å². The van der Waals surface area contributed by atoms with Crippen molar-refractivity contribution >= 4 is 22.2 Å². The molecule has 0 aliphatic carbocycles. The molecule has 13 heavy (non-hydrogen) atoms. The Hall–Kier alpha value is -0.890. The van der Waals surface area contributed by atoms with Crippen LogP contribution in [0.2, 0.25) is 0 Å². The lowest BCUT2D eigenvalue weighted by Crippen LogP contribution is -1.81. The summed E-state index contributed by atoms with van der Waals surface area (Å²) in [7, 11) is 0. The first-order valence-electron chi connectivity index (χ1n) is 4.17. The van der Waals surface area contributed by atoms with Crippen molar-refractivity contribution in [3.05, 3.63) is 46.5 Å². The van der Waals surface area contributed by atoms with Crippen molar-refractivity contribution < 1.29 is 4.79 Å². The van der Waals surface area contributed by atoms with Crippen LogP contribution in [0.5, 0.6) is 0 Å². The summed E-state index contributed by atoms with van der Waals surface area (Å²) in [5, 5.41) is 0. The molecule has 0 bridgehead atoms. The maximum Gasteiger partial charge on any atom is 0.142 e. The Morgan fingerprint density at radius 1 is 1.23 bits per heavy atom. The Kier molecular flexibility index (Phi) is 4.47. The number of aryl methyl sites for hydroxylation is 1. The first-order valence-corrected chi connectivity index (χ1v) is 4.97. The molecule has 0 N–H and O–H groups in total. The number of rotatable bonds is 4. The molecule has 0 radical (unpaired) electrons. The molecule has 1 aromatic rings. The summed E-state index contributed by atoms with van der Waals surface area (Å²) in [4.78, 5) is 9.97. The predicted octanol–water partition coefficient (Wildman–Crippen LogP) is 3.14. The van der Waals surface area contributed by atoms with Gasteiger partial charge in [0.1, 0.15) is 6.29 Å². The zero-order chi connectivity index (χ0) is 9.52. The minimum Gasteiger partial charge on any atom is -0.299 e. The molecule has 1 aromatic carbocycles. The van der Waals surface area contributed by atoms with Crippen LogP contribution in [0.3, 0.4) is 0 Å². The molecule has 0 aromatic heterocycles.